The summed E-state index contributed by atoms with van der Waals surface area (Å²) in [6, 6.07) is 6.48. The van der Waals surface area contributed by atoms with Crippen molar-refractivity contribution in [3.05, 3.63) is 47.4 Å². The lowest BCUT2D eigenvalue weighted by Crippen LogP contribution is -2.37. The molecule has 1 aliphatic rings. The standard InChI is InChI=1S/C22H30FN5O/c1-14-13-24-22(27-20(14)28(3)4)26-17-11-9-16(10-12-17)21(29)25-15(2)18-7-5-6-8-19(18)23/h5-8,13,15-17H,9-12H2,1-4H3,(H,25,29)(H,24,26,27). The van der Waals surface area contributed by atoms with Crippen LogP contribution in [0.25, 0.3) is 0 Å². The summed E-state index contributed by atoms with van der Waals surface area (Å²) in [5.41, 5.74) is 1.55. The van der Waals surface area contributed by atoms with Crippen LogP contribution in [0.2, 0.25) is 0 Å². The number of halogens is 1. The normalized spacial score (nSPS) is 20.0. The Kier molecular flexibility index (Phi) is 6.67. The quantitative estimate of drug-likeness (QED) is 0.772. The molecule has 1 atom stereocenters. The second kappa shape index (κ2) is 9.20. The third-order valence-corrected chi connectivity index (χ3v) is 5.53. The van der Waals surface area contributed by atoms with Crippen LogP contribution in [0, 0.1) is 18.7 Å². The fourth-order valence-electron chi connectivity index (χ4n) is 3.87. The highest BCUT2D eigenvalue weighted by molar-refractivity contribution is 5.79. The second-order valence-corrected chi connectivity index (χ2v) is 8.04. The Morgan fingerprint density at radius 3 is 2.55 bits per heavy atom. The van der Waals surface area contributed by atoms with E-state index in [1.165, 1.54) is 6.07 Å². The van der Waals surface area contributed by atoms with Crippen molar-refractivity contribution in [2.24, 2.45) is 5.92 Å². The molecular formula is C22H30FN5O. The minimum atomic E-state index is -0.343. The molecule has 2 aromatic rings. The van der Waals surface area contributed by atoms with Crippen molar-refractivity contribution in [3.8, 4) is 0 Å². The summed E-state index contributed by atoms with van der Waals surface area (Å²) in [6.45, 7) is 3.81. The Labute approximate surface area is 171 Å². The van der Waals surface area contributed by atoms with Gasteiger partial charge in [-0.3, -0.25) is 4.79 Å². The van der Waals surface area contributed by atoms with Crippen molar-refractivity contribution in [3.63, 3.8) is 0 Å². The number of amides is 1. The van der Waals surface area contributed by atoms with E-state index < -0.39 is 0 Å². The molecule has 29 heavy (non-hydrogen) atoms. The minimum Gasteiger partial charge on any atom is -0.362 e. The number of aromatic nitrogens is 2. The average Bonchev–Trinajstić information content (AvgIpc) is 2.70. The van der Waals surface area contributed by atoms with Crippen molar-refractivity contribution >= 4 is 17.7 Å². The van der Waals surface area contributed by atoms with Gasteiger partial charge in [-0.1, -0.05) is 18.2 Å². The molecule has 0 bridgehead atoms. The first kappa shape index (κ1) is 21.0. The van der Waals surface area contributed by atoms with Gasteiger partial charge in [-0.25, -0.2) is 9.37 Å². The molecule has 0 saturated heterocycles. The molecule has 6 nitrogen and oxygen atoms in total. The van der Waals surface area contributed by atoms with E-state index in [-0.39, 0.29) is 29.7 Å². The molecule has 1 heterocycles. The molecule has 0 aliphatic heterocycles. The number of rotatable bonds is 6. The monoisotopic (exact) mass is 399 g/mol. The molecule has 1 aromatic carbocycles. The smallest absolute Gasteiger partial charge is 0.224 e. The fraction of sp³-hybridized carbons (Fsp3) is 0.500. The van der Waals surface area contributed by atoms with Gasteiger partial charge < -0.3 is 15.5 Å². The summed E-state index contributed by atoms with van der Waals surface area (Å²) in [5.74, 6) is 1.20. The van der Waals surface area contributed by atoms with Gasteiger partial charge in [0.2, 0.25) is 11.9 Å². The number of hydrogen-bond acceptors (Lipinski definition) is 5. The van der Waals surface area contributed by atoms with E-state index in [0.29, 0.717) is 11.5 Å². The third-order valence-electron chi connectivity index (χ3n) is 5.53. The first-order valence-electron chi connectivity index (χ1n) is 10.2. The largest absolute Gasteiger partial charge is 0.362 e. The lowest BCUT2D eigenvalue weighted by molar-refractivity contribution is -0.126. The van der Waals surface area contributed by atoms with Gasteiger partial charge in [-0.05, 0) is 45.6 Å². The van der Waals surface area contributed by atoms with Crippen molar-refractivity contribution in [1.29, 1.82) is 0 Å². The van der Waals surface area contributed by atoms with Crippen LogP contribution in [-0.2, 0) is 4.79 Å². The van der Waals surface area contributed by atoms with E-state index in [2.05, 4.69) is 20.6 Å². The molecule has 1 unspecified atom stereocenters. The number of anilines is 2. The number of carbonyl (C=O) groups excluding carboxylic acids is 1. The Balaban J connectivity index is 1.52. The van der Waals surface area contributed by atoms with Crippen molar-refractivity contribution in [2.75, 3.05) is 24.3 Å². The van der Waals surface area contributed by atoms with Crippen molar-refractivity contribution in [1.82, 2.24) is 15.3 Å². The molecule has 1 fully saturated rings. The molecule has 1 aliphatic carbocycles. The number of benzene rings is 1. The molecule has 7 heteroatoms. The van der Waals surface area contributed by atoms with Gasteiger partial charge in [0.15, 0.2) is 0 Å². The Morgan fingerprint density at radius 2 is 1.90 bits per heavy atom. The minimum absolute atomic E-state index is 0.000632. The van der Waals surface area contributed by atoms with Gasteiger partial charge in [-0.2, -0.15) is 4.98 Å². The lowest BCUT2D eigenvalue weighted by atomic mass is 9.85. The number of nitrogens with one attached hydrogen (secondary N) is 2. The highest BCUT2D eigenvalue weighted by Gasteiger charge is 2.28. The summed E-state index contributed by atoms with van der Waals surface area (Å²) >= 11 is 0. The van der Waals surface area contributed by atoms with E-state index in [0.717, 1.165) is 37.1 Å². The number of carbonyl (C=O) groups is 1. The topological polar surface area (TPSA) is 70.1 Å². The maximum absolute atomic E-state index is 13.9. The SMILES string of the molecule is Cc1cnc(NC2CCC(C(=O)NC(C)c3ccccc3F)CC2)nc1N(C)C. The summed E-state index contributed by atoms with van der Waals surface area (Å²) in [7, 11) is 3.93. The summed E-state index contributed by atoms with van der Waals surface area (Å²) < 4.78 is 13.9. The van der Waals surface area contributed by atoms with Gasteiger partial charge in [0.05, 0.1) is 6.04 Å². The van der Waals surface area contributed by atoms with Crippen LogP contribution < -0.4 is 15.5 Å². The maximum atomic E-state index is 13.9. The predicted molar refractivity (Wildman–Crippen MR) is 113 cm³/mol. The van der Waals surface area contributed by atoms with E-state index in [9.17, 15) is 9.18 Å². The first-order valence-corrected chi connectivity index (χ1v) is 10.2. The summed E-state index contributed by atoms with van der Waals surface area (Å²) in [4.78, 5) is 23.6. The van der Waals surface area contributed by atoms with Crippen LogP contribution in [0.5, 0.6) is 0 Å². The van der Waals surface area contributed by atoms with Crippen LogP contribution in [0.15, 0.2) is 30.5 Å². The van der Waals surface area contributed by atoms with Gasteiger partial charge in [0.1, 0.15) is 11.6 Å². The van der Waals surface area contributed by atoms with E-state index >= 15 is 0 Å². The summed E-state index contributed by atoms with van der Waals surface area (Å²) in [5, 5.41) is 6.37. The molecule has 0 radical (unpaired) electrons. The third kappa shape index (κ3) is 5.22. The van der Waals surface area contributed by atoms with E-state index in [4.69, 9.17) is 0 Å². The Bertz CT molecular complexity index is 849. The molecular weight excluding hydrogens is 369 g/mol. The van der Waals surface area contributed by atoms with Crippen LogP contribution in [-0.4, -0.2) is 36.0 Å². The van der Waals surface area contributed by atoms with E-state index in [1.807, 2.05) is 39.0 Å². The highest BCUT2D eigenvalue weighted by Crippen LogP contribution is 2.28. The molecule has 3 rings (SSSR count). The number of nitrogens with zero attached hydrogens (tertiary/aromatic N) is 3. The molecule has 1 amide bonds. The van der Waals surface area contributed by atoms with Gasteiger partial charge in [-0.15, -0.1) is 0 Å². The molecule has 1 saturated carbocycles. The Hall–Kier alpha value is -2.70. The zero-order valence-electron chi connectivity index (χ0n) is 17.6. The van der Waals surface area contributed by atoms with E-state index in [1.54, 1.807) is 18.2 Å². The zero-order chi connectivity index (χ0) is 21.0. The highest BCUT2D eigenvalue weighted by atomic mass is 19.1. The summed E-state index contributed by atoms with van der Waals surface area (Å²) in [6.07, 6.45) is 5.16. The molecule has 1 aromatic heterocycles. The van der Waals surface area contributed by atoms with Crippen LogP contribution in [0.1, 0.15) is 49.8 Å². The fourth-order valence-corrected chi connectivity index (χ4v) is 3.87. The maximum Gasteiger partial charge on any atom is 0.224 e. The predicted octanol–water partition coefficient (Wildman–Crippen LogP) is 3.84. The first-order chi connectivity index (χ1) is 13.8. The number of hydrogen-bond donors (Lipinski definition) is 2. The lowest BCUT2D eigenvalue weighted by Gasteiger charge is -2.29. The Morgan fingerprint density at radius 1 is 1.21 bits per heavy atom. The number of aryl methyl sites for hydroxylation is 1. The van der Waals surface area contributed by atoms with Gasteiger partial charge in [0.25, 0.3) is 0 Å². The molecule has 0 spiro atoms. The zero-order valence-corrected chi connectivity index (χ0v) is 17.6. The average molecular weight is 400 g/mol. The van der Waals surface area contributed by atoms with Crippen LogP contribution >= 0.6 is 0 Å². The molecule has 2 N–H and O–H groups in total. The van der Waals surface area contributed by atoms with Crippen LogP contribution in [0.3, 0.4) is 0 Å². The van der Waals surface area contributed by atoms with Crippen molar-refractivity contribution in [2.45, 2.75) is 51.6 Å². The van der Waals surface area contributed by atoms with Crippen molar-refractivity contribution < 1.29 is 9.18 Å². The second-order valence-electron chi connectivity index (χ2n) is 8.04. The van der Waals surface area contributed by atoms with Gasteiger partial charge in [0, 0.05) is 43.4 Å². The van der Waals surface area contributed by atoms with Crippen LogP contribution in [0.4, 0.5) is 16.2 Å². The molecule has 156 valence electrons. The van der Waals surface area contributed by atoms with Gasteiger partial charge >= 0.3 is 0 Å².